The highest BCUT2D eigenvalue weighted by atomic mass is 35.5. The van der Waals surface area contributed by atoms with Crippen molar-refractivity contribution in [3.05, 3.63) is 70.2 Å². The molecule has 0 aromatic heterocycles. The molecule has 1 amide bonds. The Morgan fingerprint density at radius 1 is 1.23 bits per heavy atom. The number of alkyl halides is 3. The fourth-order valence-corrected chi connectivity index (χ4v) is 3.67. The van der Waals surface area contributed by atoms with Crippen molar-refractivity contribution in [1.29, 1.82) is 0 Å². The minimum absolute atomic E-state index is 0.0662. The lowest BCUT2D eigenvalue weighted by Gasteiger charge is -2.26. The second-order valence-electron chi connectivity index (χ2n) is 8.02. The highest BCUT2D eigenvalue weighted by Gasteiger charge is 2.31. The third kappa shape index (κ3) is 6.23. The van der Waals surface area contributed by atoms with E-state index in [2.05, 4.69) is 5.16 Å². The molecule has 4 nitrogen and oxygen atoms in total. The quantitative estimate of drug-likeness (QED) is 0.522. The largest absolute Gasteiger partial charge is 0.416 e. The molecule has 31 heavy (non-hydrogen) atoms. The predicted octanol–water partition coefficient (Wildman–Crippen LogP) is 5.93. The minimum Gasteiger partial charge on any atom is -0.390 e. The molecule has 0 unspecified atom stereocenters. The Balaban J connectivity index is 1.73. The number of oxime groups is 1. The fourth-order valence-electron chi connectivity index (χ4n) is 3.43. The highest BCUT2D eigenvalue weighted by molar-refractivity contribution is 6.34. The summed E-state index contributed by atoms with van der Waals surface area (Å²) in [6, 6.07) is 12.3. The van der Waals surface area contributed by atoms with Crippen LogP contribution in [-0.2, 0) is 22.4 Å². The second kappa shape index (κ2) is 9.73. The van der Waals surface area contributed by atoms with E-state index in [1.54, 1.807) is 17.0 Å². The molecule has 1 aliphatic heterocycles. The first kappa shape index (κ1) is 23.1. The summed E-state index contributed by atoms with van der Waals surface area (Å²) in [6.07, 6.45) is -4.08. The van der Waals surface area contributed by atoms with Gasteiger partial charge in [0, 0.05) is 30.0 Å². The number of nitrogens with zero attached hydrogens (tertiary/aromatic N) is 2. The molecule has 0 saturated heterocycles. The Labute approximate surface area is 184 Å². The zero-order valence-corrected chi connectivity index (χ0v) is 18.1. The predicted molar refractivity (Wildman–Crippen MR) is 114 cm³/mol. The second-order valence-corrected chi connectivity index (χ2v) is 8.43. The van der Waals surface area contributed by atoms with Crippen molar-refractivity contribution in [2.75, 3.05) is 6.54 Å². The van der Waals surface area contributed by atoms with Gasteiger partial charge in [0.15, 0.2) is 6.10 Å². The third-order valence-corrected chi connectivity index (χ3v) is 5.23. The summed E-state index contributed by atoms with van der Waals surface area (Å²) >= 11 is 6.23. The van der Waals surface area contributed by atoms with Crippen LogP contribution in [0.5, 0.6) is 0 Å². The highest BCUT2D eigenvalue weighted by Crippen LogP contribution is 2.30. The number of rotatable bonds is 7. The van der Waals surface area contributed by atoms with E-state index in [9.17, 15) is 18.0 Å². The zero-order valence-electron chi connectivity index (χ0n) is 17.3. The van der Waals surface area contributed by atoms with E-state index < -0.39 is 17.8 Å². The van der Waals surface area contributed by atoms with E-state index >= 15 is 0 Å². The van der Waals surface area contributed by atoms with Gasteiger partial charge in [-0.05, 0) is 29.7 Å². The van der Waals surface area contributed by atoms with Gasteiger partial charge in [0.05, 0.1) is 17.8 Å². The van der Waals surface area contributed by atoms with Gasteiger partial charge >= 0.3 is 6.18 Å². The van der Waals surface area contributed by atoms with Crippen molar-refractivity contribution >= 4 is 23.2 Å². The van der Waals surface area contributed by atoms with Crippen molar-refractivity contribution < 1.29 is 22.8 Å². The van der Waals surface area contributed by atoms with Crippen molar-refractivity contribution in [2.24, 2.45) is 11.1 Å². The molecular formula is C23H24ClF3N2O2. The van der Waals surface area contributed by atoms with Crippen molar-refractivity contribution in [2.45, 2.75) is 45.5 Å². The smallest absolute Gasteiger partial charge is 0.390 e. The van der Waals surface area contributed by atoms with Gasteiger partial charge in [-0.25, -0.2) is 0 Å². The van der Waals surface area contributed by atoms with Gasteiger partial charge in [0.2, 0.25) is 5.91 Å². The monoisotopic (exact) mass is 452 g/mol. The maximum absolute atomic E-state index is 13.1. The van der Waals surface area contributed by atoms with Crippen molar-refractivity contribution in [3.8, 4) is 0 Å². The molecule has 0 radical (unpaired) electrons. The molecule has 0 saturated carbocycles. The van der Waals surface area contributed by atoms with Gasteiger partial charge in [0.25, 0.3) is 0 Å². The number of carbonyl (C=O) groups is 1. The maximum atomic E-state index is 13.1. The van der Waals surface area contributed by atoms with Gasteiger partial charge < -0.3 is 9.74 Å². The molecule has 2 aromatic rings. The molecule has 8 heteroatoms. The number of hydrogen-bond acceptors (Lipinski definition) is 3. The Kier molecular flexibility index (Phi) is 7.26. The summed E-state index contributed by atoms with van der Waals surface area (Å²) in [5, 5.41) is 4.68. The SMILES string of the molecule is CC(C)CC(=O)N(Cc1cccc(C(F)(F)F)c1)C[C@H]1CC(c2ccccc2Cl)=NO1. The Morgan fingerprint density at radius 2 is 1.97 bits per heavy atom. The third-order valence-electron chi connectivity index (χ3n) is 4.91. The minimum atomic E-state index is -4.44. The van der Waals surface area contributed by atoms with Gasteiger partial charge in [-0.15, -0.1) is 0 Å². The lowest BCUT2D eigenvalue weighted by Crippen LogP contribution is -2.37. The van der Waals surface area contributed by atoms with E-state index in [4.69, 9.17) is 16.4 Å². The molecule has 3 rings (SSSR count). The number of benzene rings is 2. The Hall–Kier alpha value is -2.54. The lowest BCUT2D eigenvalue weighted by atomic mass is 10.0. The summed E-state index contributed by atoms with van der Waals surface area (Å²) in [6.45, 7) is 4.13. The van der Waals surface area contributed by atoms with Crippen LogP contribution in [0.4, 0.5) is 13.2 Å². The zero-order chi connectivity index (χ0) is 22.6. The number of amides is 1. The van der Waals surface area contributed by atoms with Gasteiger partial charge in [-0.2, -0.15) is 13.2 Å². The average Bonchev–Trinajstić information content (AvgIpc) is 3.15. The first-order valence-electron chi connectivity index (χ1n) is 10.0. The Morgan fingerprint density at radius 3 is 2.65 bits per heavy atom. The topological polar surface area (TPSA) is 41.9 Å². The van der Waals surface area contributed by atoms with Gasteiger partial charge in [-0.1, -0.05) is 60.9 Å². The molecule has 0 fully saturated rings. The molecule has 1 aliphatic rings. The lowest BCUT2D eigenvalue weighted by molar-refractivity contribution is -0.137. The molecule has 1 atom stereocenters. The van der Waals surface area contributed by atoms with Crippen LogP contribution in [0.2, 0.25) is 5.02 Å². The van der Waals surface area contributed by atoms with Crippen molar-refractivity contribution in [3.63, 3.8) is 0 Å². The number of halogens is 4. The average molecular weight is 453 g/mol. The van der Waals surface area contributed by atoms with Crippen LogP contribution in [0.15, 0.2) is 53.7 Å². The first-order valence-corrected chi connectivity index (χ1v) is 10.4. The molecule has 0 aliphatic carbocycles. The summed E-state index contributed by atoms with van der Waals surface area (Å²) in [4.78, 5) is 19.9. The van der Waals surface area contributed by atoms with Crippen LogP contribution >= 0.6 is 11.6 Å². The number of hydrogen-bond donors (Lipinski definition) is 0. The van der Waals surface area contributed by atoms with Crippen molar-refractivity contribution in [1.82, 2.24) is 4.90 Å². The first-order chi connectivity index (χ1) is 14.6. The van der Waals surface area contributed by atoms with Gasteiger partial charge in [0.1, 0.15) is 0 Å². The van der Waals surface area contributed by atoms with E-state index in [-0.39, 0.29) is 24.9 Å². The molecular weight excluding hydrogens is 429 g/mol. The fraction of sp³-hybridized carbons (Fsp3) is 0.391. The van der Waals surface area contributed by atoms with E-state index in [1.807, 2.05) is 32.0 Å². The van der Waals surface area contributed by atoms with Crippen LogP contribution in [0.1, 0.15) is 43.4 Å². The molecule has 2 aromatic carbocycles. The summed E-state index contributed by atoms with van der Waals surface area (Å²) in [5.41, 5.74) is 1.13. The van der Waals surface area contributed by atoms with Crippen LogP contribution in [-0.4, -0.2) is 29.2 Å². The van der Waals surface area contributed by atoms with Crippen LogP contribution < -0.4 is 0 Å². The molecule has 1 heterocycles. The Bertz CT molecular complexity index is 960. The summed E-state index contributed by atoms with van der Waals surface area (Å²) in [7, 11) is 0. The normalized spacial score (nSPS) is 16.2. The van der Waals surface area contributed by atoms with E-state index in [0.717, 1.165) is 17.7 Å². The standard InChI is InChI=1S/C23H24ClF3N2O2/c1-15(2)10-22(30)29(13-16-6-5-7-17(11-16)23(25,26)27)14-18-12-21(28-31-18)19-8-3-4-9-20(19)24/h3-9,11,15,18H,10,12-14H2,1-2H3/t18-/m1/s1. The van der Waals surface area contributed by atoms with Crippen LogP contribution in [0, 0.1) is 5.92 Å². The number of carbonyl (C=O) groups excluding carboxylic acids is 1. The summed E-state index contributed by atoms with van der Waals surface area (Å²) < 4.78 is 39.2. The van der Waals surface area contributed by atoms with Gasteiger partial charge in [-0.3, -0.25) is 4.79 Å². The van der Waals surface area contributed by atoms with E-state index in [0.29, 0.717) is 29.1 Å². The van der Waals surface area contributed by atoms with E-state index in [1.165, 1.54) is 6.07 Å². The maximum Gasteiger partial charge on any atom is 0.416 e. The summed E-state index contributed by atoms with van der Waals surface area (Å²) in [5.74, 6) is -0.0156. The van der Waals surface area contributed by atoms with Crippen LogP contribution in [0.25, 0.3) is 0 Å². The molecule has 0 spiro atoms. The molecule has 0 bridgehead atoms. The van der Waals surface area contributed by atoms with Crippen LogP contribution in [0.3, 0.4) is 0 Å². The molecule has 0 N–H and O–H groups in total. The molecule has 166 valence electrons.